The lowest BCUT2D eigenvalue weighted by molar-refractivity contribution is -0.0963. The fourth-order valence-corrected chi connectivity index (χ4v) is 1.48. The Labute approximate surface area is 89.8 Å². The van der Waals surface area contributed by atoms with Gasteiger partial charge in [-0.25, -0.2) is 4.79 Å². The summed E-state index contributed by atoms with van der Waals surface area (Å²) in [6, 6.07) is 0. The van der Waals surface area contributed by atoms with Crippen molar-refractivity contribution in [2.75, 3.05) is 13.7 Å². The van der Waals surface area contributed by atoms with E-state index in [0.29, 0.717) is 13.0 Å². The van der Waals surface area contributed by atoms with E-state index < -0.39 is 11.8 Å². The van der Waals surface area contributed by atoms with Gasteiger partial charge in [0.25, 0.3) is 0 Å². The minimum Gasteiger partial charge on any atom is -0.465 e. The molecular formula is C11H17NO3. The Balaban J connectivity index is 2.81. The van der Waals surface area contributed by atoms with Crippen molar-refractivity contribution in [3.05, 3.63) is 24.3 Å². The van der Waals surface area contributed by atoms with E-state index in [1.54, 1.807) is 6.08 Å². The van der Waals surface area contributed by atoms with Crippen LogP contribution >= 0.6 is 0 Å². The Morgan fingerprint density at radius 3 is 2.80 bits per heavy atom. The number of rotatable bonds is 4. The summed E-state index contributed by atoms with van der Waals surface area (Å²) >= 11 is 0. The summed E-state index contributed by atoms with van der Waals surface area (Å²) in [6.45, 7) is 2.55. The monoisotopic (exact) mass is 211 g/mol. The van der Waals surface area contributed by atoms with Crippen LogP contribution in [0.2, 0.25) is 0 Å². The summed E-state index contributed by atoms with van der Waals surface area (Å²) in [6.07, 6.45) is 7.86. The van der Waals surface area contributed by atoms with E-state index in [1.807, 2.05) is 25.2 Å². The molecule has 0 aliphatic heterocycles. The molecule has 1 atom stereocenters. The fraction of sp³-hybridized carbons (Fsp3) is 0.545. The number of hydrogen-bond donors (Lipinski definition) is 1. The number of ether oxygens (including phenoxy) is 1. The molecule has 0 aromatic carbocycles. The molecule has 0 saturated heterocycles. The third-order valence-electron chi connectivity index (χ3n) is 2.42. The topological polar surface area (TPSA) is 49.8 Å². The maximum atomic E-state index is 11.0. The van der Waals surface area contributed by atoms with Gasteiger partial charge in [0.05, 0.1) is 0 Å². The third-order valence-corrected chi connectivity index (χ3v) is 2.42. The molecule has 1 unspecified atom stereocenters. The van der Waals surface area contributed by atoms with Crippen LogP contribution in [0.5, 0.6) is 0 Å². The van der Waals surface area contributed by atoms with E-state index in [1.165, 1.54) is 11.9 Å². The van der Waals surface area contributed by atoms with Crippen LogP contribution in [0, 0.1) is 0 Å². The molecule has 0 aromatic heterocycles. The van der Waals surface area contributed by atoms with Crippen molar-refractivity contribution in [1.82, 2.24) is 4.90 Å². The zero-order valence-corrected chi connectivity index (χ0v) is 9.14. The summed E-state index contributed by atoms with van der Waals surface area (Å²) in [7, 11) is 1.53. The van der Waals surface area contributed by atoms with E-state index in [4.69, 9.17) is 9.84 Å². The van der Waals surface area contributed by atoms with Gasteiger partial charge in [-0.1, -0.05) is 25.2 Å². The van der Waals surface area contributed by atoms with Gasteiger partial charge < -0.3 is 9.84 Å². The van der Waals surface area contributed by atoms with Gasteiger partial charge in [-0.2, -0.15) is 0 Å². The Bertz CT molecular complexity index is 286. The van der Waals surface area contributed by atoms with Gasteiger partial charge in [0, 0.05) is 20.1 Å². The number of allylic oxidation sites excluding steroid dienone is 2. The molecule has 4 nitrogen and oxygen atoms in total. The van der Waals surface area contributed by atoms with Gasteiger partial charge in [0.15, 0.2) is 5.72 Å². The number of carboxylic acid groups (broad SMARTS) is 1. The highest BCUT2D eigenvalue weighted by molar-refractivity contribution is 5.66. The molecular weight excluding hydrogens is 194 g/mol. The van der Waals surface area contributed by atoms with Crippen molar-refractivity contribution in [1.29, 1.82) is 0 Å². The van der Waals surface area contributed by atoms with Crippen molar-refractivity contribution in [2.24, 2.45) is 0 Å². The van der Waals surface area contributed by atoms with Crippen LogP contribution in [0.1, 0.15) is 19.8 Å². The van der Waals surface area contributed by atoms with Crippen molar-refractivity contribution in [3.8, 4) is 0 Å². The number of likely N-dealkylation sites (N-methyl/N-ethyl adjacent to an activating group) is 1. The van der Waals surface area contributed by atoms with Gasteiger partial charge in [0.2, 0.25) is 0 Å². The van der Waals surface area contributed by atoms with Gasteiger partial charge in [0.1, 0.15) is 0 Å². The summed E-state index contributed by atoms with van der Waals surface area (Å²) in [5.41, 5.74) is -0.823. The average Bonchev–Trinajstić information content (AvgIpc) is 2.26. The third kappa shape index (κ3) is 2.59. The first-order chi connectivity index (χ1) is 7.12. The minimum absolute atomic E-state index is 0.551. The van der Waals surface area contributed by atoms with Crippen molar-refractivity contribution >= 4 is 6.09 Å². The summed E-state index contributed by atoms with van der Waals surface area (Å²) < 4.78 is 5.65. The maximum Gasteiger partial charge on any atom is 0.409 e. The smallest absolute Gasteiger partial charge is 0.409 e. The van der Waals surface area contributed by atoms with Crippen LogP contribution < -0.4 is 0 Å². The molecule has 0 spiro atoms. The molecule has 0 aromatic rings. The van der Waals surface area contributed by atoms with Crippen molar-refractivity contribution in [3.63, 3.8) is 0 Å². The molecule has 1 amide bonds. The van der Waals surface area contributed by atoms with Crippen LogP contribution in [0.4, 0.5) is 4.79 Å². The molecule has 15 heavy (non-hydrogen) atoms. The van der Waals surface area contributed by atoms with Gasteiger partial charge in [-0.05, 0) is 12.5 Å². The molecule has 1 N–H and O–H groups in total. The minimum atomic E-state index is -0.981. The Hall–Kier alpha value is -1.29. The van der Waals surface area contributed by atoms with Crippen LogP contribution in [-0.4, -0.2) is 35.5 Å². The summed E-state index contributed by atoms with van der Waals surface area (Å²) in [5.74, 6) is 0. The lowest BCUT2D eigenvalue weighted by Gasteiger charge is -2.38. The second-order valence-corrected chi connectivity index (χ2v) is 3.53. The second kappa shape index (κ2) is 4.98. The van der Waals surface area contributed by atoms with Crippen molar-refractivity contribution < 1.29 is 14.6 Å². The van der Waals surface area contributed by atoms with Crippen LogP contribution in [0.3, 0.4) is 0 Å². The second-order valence-electron chi connectivity index (χ2n) is 3.53. The first kappa shape index (κ1) is 11.8. The number of carbonyl (C=O) groups is 1. The molecule has 1 rings (SSSR count). The normalized spacial score (nSPS) is 24.1. The summed E-state index contributed by atoms with van der Waals surface area (Å²) in [5, 5.41) is 8.99. The zero-order valence-electron chi connectivity index (χ0n) is 9.14. The number of hydrogen-bond acceptors (Lipinski definition) is 2. The van der Waals surface area contributed by atoms with E-state index in [-0.39, 0.29) is 0 Å². The highest BCUT2D eigenvalue weighted by Crippen LogP contribution is 2.26. The molecule has 0 bridgehead atoms. The predicted octanol–water partition coefficient (Wildman–Crippen LogP) is 2.24. The first-order valence-corrected chi connectivity index (χ1v) is 5.07. The number of amides is 1. The number of nitrogens with zero attached hydrogens (tertiary/aromatic N) is 1. The molecule has 0 fully saturated rings. The molecule has 0 radical (unpaired) electrons. The lowest BCUT2D eigenvalue weighted by Crippen LogP contribution is -2.50. The Morgan fingerprint density at radius 1 is 1.60 bits per heavy atom. The van der Waals surface area contributed by atoms with Crippen molar-refractivity contribution in [2.45, 2.75) is 25.5 Å². The molecule has 0 heterocycles. The van der Waals surface area contributed by atoms with E-state index in [9.17, 15) is 4.79 Å². The molecule has 1 aliphatic rings. The van der Waals surface area contributed by atoms with Gasteiger partial charge in [-0.3, -0.25) is 4.90 Å². The predicted molar refractivity (Wildman–Crippen MR) is 57.7 cm³/mol. The molecule has 1 aliphatic carbocycles. The largest absolute Gasteiger partial charge is 0.465 e. The Morgan fingerprint density at radius 2 is 2.33 bits per heavy atom. The van der Waals surface area contributed by atoms with Gasteiger partial charge in [-0.15, -0.1) is 0 Å². The average molecular weight is 211 g/mol. The molecule has 0 saturated carbocycles. The Kier molecular flexibility index (Phi) is 3.91. The van der Waals surface area contributed by atoms with E-state index in [2.05, 4.69) is 0 Å². The summed E-state index contributed by atoms with van der Waals surface area (Å²) in [4.78, 5) is 12.2. The van der Waals surface area contributed by atoms with Crippen LogP contribution in [0.25, 0.3) is 0 Å². The first-order valence-electron chi connectivity index (χ1n) is 5.07. The van der Waals surface area contributed by atoms with E-state index in [0.717, 1.165) is 6.42 Å². The maximum absolute atomic E-state index is 11.0. The lowest BCUT2D eigenvalue weighted by atomic mass is 10.0. The fourth-order valence-electron chi connectivity index (χ4n) is 1.48. The van der Waals surface area contributed by atoms with Crippen LogP contribution in [-0.2, 0) is 4.74 Å². The SMILES string of the molecule is CCCOC1(N(C)C(=O)O)C=CC=CC1. The molecule has 84 valence electrons. The van der Waals surface area contributed by atoms with Gasteiger partial charge >= 0.3 is 6.09 Å². The van der Waals surface area contributed by atoms with E-state index >= 15 is 0 Å². The highest BCUT2D eigenvalue weighted by Gasteiger charge is 2.35. The standard InChI is InChI=1S/C11H17NO3/c1-3-9-15-11(12(2)10(13)14)7-5-4-6-8-11/h4-7H,3,8-9H2,1-2H3,(H,13,14). The quantitative estimate of drug-likeness (QED) is 0.725. The molecule has 4 heteroatoms. The highest BCUT2D eigenvalue weighted by atomic mass is 16.5. The van der Waals surface area contributed by atoms with Crippen LogP contribution in [0.15, 0.2) is 24.3 Å². The zero-order chi connectivity index (χ0) is 11.3.